The number of anilines is 1. The quantitative estimate of drug-likeness (QED) is 0.709. The van der Waals surface area contributed by atoms with Gasteiger partial charge in [0, 0.05) is 25.3 Å². The van der Waals surface area contributed by atoms with Crippen molar-refractivity contribution in [3.8, 4) is 0 Å². The molecule has 0 atom stereocenters. The van der Waals surface area contributed by atoms with Crippen molar-refractivity contribution < 1.29 is 18.0 Å². The lowest BCUT2D eigenvalue weighted by atomic mass is 10.3. The van der Waals surface area contributed by atoms with Crippen LogP contribution in [0.2, 0.25) is 0 Å². The fraction of sp³-hybridized carbons (Fsp3) is 0.429. The average Bonchev–Trinajstić information content (AvgIpc) is 2.48. The maximum absolute atomic E-state index is 11.9. The van der Waals surface area contributed by atoms with Crippen LogP contribution < -0.4 is 10.6 Å². The predicted molar refractivity (Wildman–Crippen MR) is 84.8 cm³/mol. The minimum absolute atomic E-state index is 0.111. The molecule has 0 fully saturated rings. The smallest absolute Gasteiger partial charge is 0.313 e. The second kappa shape index (κ2) is 8.50. The summed E-state index contributed by atoms with van der Waals surface area (Å²) in [7, 11) is -3.42. The number of benzene rings is 1. The molecule has 0 aliphatic rings. The monoisotopic (exact) mass is 327 g/mol. The van der Waals surface area contributed by atoms with Gasteiger partial charge < -0.3 is 10.6 Å². The Morgan fingerprint density at radius 1 is 1.05 bits per heavy atom. The van der Waals surface area contributed by atoms with Gasteiger partial charge in [-0.15, -0.1) is 0 Å². The van der Waals surface area contributed by atoms with E-state index in [0.717, 1.165) is 0 Å². The first kappa shape index (κ1) is 18.1. The van der Waals surface area contributed by atoms with Crippen LogP contribution in [0.5, 0.6) is 0 Å². The van der Waals surface area contributed by atoms with Gasteiger partial charge in [-0.1, -0.05) is 32.0 Å². The molecule has 122 valence electrons. The van der Waals surface area contributed by atoms with E-state index in [1.165, 1.54) is 4.31 Å². The largest absolute Gasteiger partial charge is 0.347 e. The van der Waals surface area contributed by atoms with E-state index in [-0.39, 0.29) is 12.3 Å². The topological polar surface area (TPSA) is 95.6 Å². The summed E-state index contributed by atoms with van der Waals surface area (Å²) in [4.78, 5) is 23.2. The molecule has 1 rings (SSSR count). The molecule has 0 heterocycles. The summed E-state index contributed by atoms with van der Waals surface area (Å²) in [6.07, 6.45) is 0. The molecule has 2 N–H and O–H groups in total. The third-order valence-corrected chi connectivity index (χ3v) is 5.01. The van der Waals surface area contributed by atoms with Crippen LogP contribution in [0.15, 0.2) is 30.3 Å². The summed E-state index contributed by atoms with van der Waals surface area (Å²) in [5.41, 5.74) is 0.499. The van der Waals surface area contributed by atoms with Gasteiger partial charge in [-0.2, -0.15) is 0 Å². The average molecular weight is 327 g/mol. The van der Waals surface area contributed by atoms with Crippen molar-refractivity contribution in [3.63, 3.8) is 0 Å². The zero-order valence-corrected chi connectivity index (χ0v) is 13.5. The SMILES string of the molecule is CCN(CC)S(=O)(=O)CCNC(=O)C(=O)Nc1ccccc1. The Hall–Kier alpha value is -1.93. The number of para-hydroxylation sites is 1. The first-order valence-electron chi connectivity index (χ1n) is 7.02. The van der Waals surface area contributed by atoms with Crippen molar-refractivity contribution >= 4 is 27.5 Å². The lowest BCUT2D eigenvalue weighted by Crippen LogP contribution is -2.41. The Balaban J connectivity index is 2.44. The number of rotatable bonds is 7. The molecule has 0 bridgehead atoms. The molecule has 0 radical (unpaired) electrons. The number of carbonyl (C=O) groups excluding carboxylic acids is 2. The number of amides is 2. The zero-order chi connectivity index (χ0) is 16.6. The van der Waals surface area contributed by atoms with Crippen LogP contribution in [0.3, 0.4) is 0 Å². The third-order valence-electron chi connectivity index (χ3n) is 2.98. The molecule has 0 saturated carbocycles. The highest BCUT2D eigenvalue weighted by Gasteiger charge is 2.20. The molecule has 22 heavy (non-hydrogen) atoms. The highest BCUT2D eigenvalue weighted by Crippen LogP contribution is 2.04. The van der Waals surface area contributed by atoms with E-state index in [9.17, 15) is 18.0 Å². The summed E-state index contributed by atoms with van der Waals surface area (Å²) < 4.78 is 25.1. The van der Waals surface area contributed by atoms with Crippen LogP contribution >= 0.6 is 0 Å². The molecule has 0 unspecified atom stereocenters. The minimum atomic E-state index is -3.42. The number of sulfonamides is 1. The number of carbonyl (C=O) groups is 2. The molecule has 1 aromatic rings. The highest BCUT2D eigenvalue weighted by atomic mass is 32.2. The summed E-state index contributed by atoms with van der Waals surface area (Å²) in [6, 6.07) is 8.54. The second-order valence-corrected chi connectivity index (χ2v) is 6.56. The molecule has 8 heteroatoms. The van der Waals surface area contributed by atoms with Crippen molar-refractivity contribution in [1.82, 2.24) is 9.62 Å². The maximum atomic E-state index is 11.9. The summed E-state index contributed by atoms with van der Waals surface area (Å²) in [5.74, 6) is -1.93. The first-order chi connectivity index (χ1) is 10.4. The van der Waals surface area contributed by atoms with E-state index in [2.05, 4.69) is 10.6 Å². The molecule has 0 aliphatic heterocycles. The fourth-order valence-electron chi connectivity index (χ4n) is 1.83. The normalized spacial score (nSPS) is 11.2. The Morgan fingerprint density at radius 2 is 1.64 bits per heavy atom. The number of hydrogen-bond acceptors (Lipinski definition) is 4. The number of hydrogen-bond donors (Lipinski definition) is 2. The van der Waals surface area contributed by atoms with E-state index in [1.54, 1.807) is 44.2 Å². The minimum Gasteiger partial charge on any atom is -0.347 e. The Bertz CT molecular complexity index is 598. The fourth-order valence-corrected chi connectivity index (χ4v) is 3.23. The Labute approximate surface area is 130 Å². The van der Waals surface area contributed by atoms with Crippen molar-refractivity contribution in [2.45, 2.75) is 13.8 Å². The molecule has 2 amide bonds. The van der Waals surface area contributed by atoms with Gasteiger partial charge in [-0.25, -0.2) is 12.7 Å². The van der Waals surface area contributed by atoms with Gasteiger partial charge in [0.1, 0.15) is 0 Å². The van der Waals surface area contributed by atoms with Crippen molar-refractivity contribution in [3.05, 3.63) is 30.3 Å². The molecular formula is C14H21N3O4S. The molecule has 0 aliphatic carbocycles. The van der Waals surface area contributed by atoms with Gasteiger partial charge in [-0.05, 0) is 12.1 Å². The van der Waals surface area contributed by atoms with Gasteiger partial charge >= 0.3 is 11.8 Å². The summed E-state index contributed by atoms with van der Waals surface area (Å²) in [5, 5.41) is 4.73. The second-order valence-electron chi connectivity index (χ2n) is 4.48. The third kappa shape index (κ3) is 5.45. The van der Waals surface area contributed by atoms with Crippen molar-refractivity contribution in [2.24, 2.45) is 0 Å². The first-order valence-corrected chi connectivity index (χ1v) is 8.63. The molecule has 0 spiro atoms. The lowest BCUT2D eigenvalue weighted by molar-refractivity contribution is -0.136. The Morgan fingerprint density at radius 3 is 2.18 bits per heavy atom. The van der Waals surface area contributed by atoms with Gasteiger partial charge in [0.05, 0.1) is 5.75 Å². The van der Waals surface area contributed by atoms with Crippen LogP contribution in [0.4, 0.5) is 5.69 Å². The summed E-state index contributed by atoms with van der Waals surface area (Å²) in [6.45, 7) is 4.13. The standard InChI is InChI=1S/C14H21N3O4S/c1-3-17(4-2)22(20,21)11-10-15-13(18)14(19)16-12-8-6-5-7-9-12/h5-9H,3-4,10-11H2,1-2H3,(H,15,18)(H,16,19). The Kier molecular flexibility index (Phi) is 7.00. The van der Waals surface area contributed by atoms with Gasteiger partial charge in [0.25, 0.3) is 0 Å². The molecule has 0 saturated heterocycles. The van der Waals surface area contributed by atoms with Crippen molar-refractivity contribution in [2.75, 3.05) is 30.7 Å². The van der Waals surface area contributed by atoms with Gasteiger partial charge in [0.15, 0.2) is 0 Å². The van der Waals surface area contributed by atoms with Crippen LogP contribution in [-0.2, 0) is 19.6 Å². The van der Waals surface area contributed by atoms with E-state index in [4.69, 9.17) is 0 Å². The van der Waals surface area contributed by atoms with Crippen molar-refractivity contribution in [1.29, 1.82) is 0 Å². The number of nitrogens with zero attached hydrogens (tertiary/aromatic N) is 1. The molecular weight excluding hydrogens is 306 g/mol. The maximum Gasteiger partial charge on any atom is 0.313 e. The van der Waals surface area contributed by atoms with Crippen LogP contribution in [0, 0.1) is 0 Å². The highest BCUT2D eigenvalue weighted by molar-refractivity contribution is 7.89. The summed E-state index contributed by atoms with van der Waals surface area (Å²) >= 11 is 0. The van der Waals surface area contributed by atoms with Crippen LogP contribution in [-0.4, -0.2) is 49.9 Å². The predicted octanol–water partition coefficient (Wildman–Crippen LogP) is 0.413. The molecule has 7 nitrogen and oxygen atoms in total. The lowest BCUT2D eigenvalue weighted by Gasteiger charge is -2.18. The van der Waals surface area contributed by atoms with Crippen LogP contribution in [0.25, 0.3) is 0 Å². The van der Waals surface area contributed by atoms with E-state index < -0.39 is 21.8 Å². The molecule has 1 aromatic carbocycles. The van der Waals surface area contributed by atoms with E-state index in [1.807, 2.05) is 0 Å². The zero-order valence-electron chi connectivity index (χ0n) is 12.7. The van der Waals surface area contributed by atoms with Gasteiger partial charge in [-0.3, -0.25) is 9.59 Å². The van der Waals surface area contributed by atoms with Gasteiger partial charge in [0.2, 0.25) is 10.0 Å². The van der Waals surface area contributed by atoms with E-state index >= 15 is 0 Å². The van der Waals surface area contributed by atoms with Crippen LogP contribution in [0.1, 0.15) is 13.8 Å². The molecule has 0 aromatic heterocycles. The van der Waals surface area contributed by atoms with E-state index in [0.29, 0.717) is 18.8 Å². The number of nitrogens with one attached hydrogen (secondary N) is 2.